The van der Waals surface area contributed by atoms with Crippen LogP contribution in [-0.2, 0) is 24.3 Å². The van der Waals surface area contributed by atoms with Gasteiger partial charge in [0.1, 0.15) is 6.04 Å². The number of hydrogen-bond donors (Lipinski definition) is 3. The minimum Gasteiger partial charge on any atom is -0.453 e. The van der Waals surface area contributed by atoms with Crippen molar-refractivity contribution in [3.63, 3.8) is 0 Å². The van der Waals surface area contributed by atoms with E-state index in [1.54, 1.807) is 4.31 Å². The average molecular weight is 653 g/mol. The SMILES string of the molecule is COC(=O)N[C@H](C(=O)N[C@H]1CCC[C@@H]1CC[C@H]1CN[C@@H]2CCCS(=O)(=O)N1C2)[C@@H](c1ccc(Cl)cc1)C1CCOC(C)(C)C1. The number of piperazine rings is 1. The number of carbonyl (C=O) groups is 2. The van der Waals surface area contributed by atoms with Crippen molar-refractivity contribution in [2.45, 2.75) is 107 Å². The average Bonchev–Trinajstić information content (AvgIpc) is 3.38. The molecule has 4 fully saturated rings. The first kappa shape index (κ1) is 33.4. The van der Waals surface area contributed by atoms with E-state index in [1.807, 2.05) is 24.3 Å². The number of fused-ring (bicyclic) bond motifs is 2. The molecule has 1 aromatic carbocycles. The molecule has 2 amide bonds. The lowest BCUT2D eigenvalue weighted by molar-refractivity contribution is -0.126. The lowest BCUT2D eigenvalue weighted by Gasteiger charge is -2.42. The number of hydrogen-bond acceptors (Lipinski definition) is 7. The molecule has 1 aromatic rings. The number of ether oxygens (including phenoxy) is 2. The fourth-order valence-corrected chi connectivity index (χ4v) is 9.94. The molecule has 1 aliphatic carbocycles. The summed E-state index contributed by atoms with van der Waals surface area (Å²) in [5.41, 5.74) is 0.573. The van der Waals surface area contributed by atoms with Gasteiger partial charge in [0.25, 0.3) is 0 Å². The molecule has 10 nitrogen and oxygen atoms in total. The molecule has 2 bridgehead atoms. The Morgan fingerprint density at radius 3 is 2.64 bits per heavy atom. The van der Waals surface area contributed by atoms with Crippen molar-refractivity contribution in [1.82, 2.24) is 20.3 Å². The molecule has 1 saturated carbocycles. The summed E-state index contributed by atoms with van der Waals surface area (Å²) in [6, 6.07) is 6.78. The normalized spacial score (nSPS) is 32.5. The van der Waals surface area contributed by atoms with E-state index in [1.165, 1.54) is 7.11 Å². The highest BCUT2D eigenvalue weighted by Gasteiger charge is 2.43. The molecule has 3 N–H and O–H groups in total. The number of benzene rings is 1. The van der Waals surface area contributed by atoms with Gasteiger partial charge in [-0.2, -0.15) is 4.31 Å². The second-order valence-corrected chi connectivity index (χ2v) is 16.2. The summed E-state index contributed by atoms with van der Waals surface area (Å²) in [6.07, 6.45) is 6.83. The fourth-order valence-electron chi connectivity index (χ4n) is 8.01. The van der Waals surface area contributed by atoms with Gasteiger partial charge in [0.15, 0.2) is 0 Å². The zero-order valence-electron chi connectivity index (χ0n) is 26.2. The van der Waals surface area contributed by atoms with Crippen molar-refractivity contribution in [2.24, 2.45) is 11.8 Å². The third-order valence-corrected chi connectivity index (χ3v) is 12.4. The summed E-state index contributed by atoms with van der Waals surface area (Å²) in [6.45, 7) is 5.91. The highest BCUT2D eigenvalue weighted by Crippen LogP contribution is 2.41. The second kappa shape index (κ2) is 14.2. The van der Waals surface area contributed by atoms with Gasteiger partial charge < -0.3 is 25.4 Å². The van der Waals surface area contributed by atoms with Crippen molar-refractivity contribution in [3.8, 4) is 0 Å². The van der Waals surface area contributed by atoms with Crippen LogP contribution in [0, 0.1) is 11.8 Å². The van der Waals surface area contributed by atoms with E-state index in [2.05, 4.69) is 29.8 Å². The van der Waals surface area contributed by atoms with E-state index in [-0.39, 0.29) is 53.1 Å². The van der Waals surface area contributed by atoms with Crippen molar-refractivity contribution in [3.05, 3.63) is 34.9 Å². The van der Waals surface area contributed by atoms with E-state index >= 15 is 0 Å². The van der Waals surface area contributed by atoms with E-state index in [4.69, 9.17) is 21.1 Å². The molecule has 0 radical (unpaired) electrons. The van der Waals surface area contributed by atoms with Crippen LogP contribution < -0.4 is 16.0 Å². The number of halogens is 1. The Bertz CT molecular complexity index is 1260. The summed E-state index contributed by atoms with van der Waals surface area (Å²) in [5.74, 6) is -0.0125. The largest absolute Gasteiger partial charge is 0.453 e. The molecule has 12 heteroatoms. The summed E-state index contributed by atoms with van der Waals surface area (Å²) in [5, 5.41) is 10.4. The third kappa shape index (κ3) is 8.07. The molecule has 5 rings (SSSR count). The topological polar surface area (TPSA) is 126 Å². The first-order valence-electron chi connectivity index (χ1n) is 16.2. The van der Waals surface area contributed by atoms with Crippen molar-refractivity contribution in [2.75, 3.05) is 32.6 Å². The quantitative estimate of drug-likeness (QED) is 0.365. The highest BCUT2D eigenvalue weighted by atomic mass is 35.5. The van der Waals surface area contributed by atoms with Gasteiger partial charge in [-0.3, -0.25) is 4.79 Å². The lowest BCUT2D eigenvalue weighted by atomic mass is 9.73. The fraction of sp³-hybridized carbons (Fsp3) is 0.750. The Kier molecular flexibility index (Phi) is 10.8. The van der Waals surface area contributed by atoms with Crippen LogP contribution in [0.25, 0.3) is 0 Å². The summed E-state index contributed by atoms with van der Waals surface area (Å²) in [7, 11) is -1.94. The van der Waals surface area contributed by atoms with Gasteiger partial charge >= 0.3 is 6.09 Å². The summed E-state index contributed by atoms with van der Waals surface area (Å²) < 4.78 is 38.7. The monoisotopic (exact) mass is 652 g/mol. The smallest absolute Gasteiger partial charge is 0.407 e. The first-order chi connectivity index (χ1) is 21.0. The van der Waals surface area contributed by atoms with E-state index in [9.17, 15) is 18.0 Å². The van der Waals surface area contributed by atoms with Gasteiger partial charge in [0.2, 0.25) is 15.9 Å². The number of nitrogens with one attached hydrogen (secondary N) is 3. The third-order valence-electron chi connectivity index (χ3n) is 10.2. The van der Waals surface area contributed by atoms with Gasteiger partial charge in [-0.15, -0.1) is 0 Å². The number of amides is 2. The number of carbonyl (C=O) groups excluding carboxylic acids is 2. The lowest BCUT2D eigenvalue weighted by Crippen LogP contribution is -2.57. The van der Waals surface area contributed by atoms with Crippen LogP contribution in [0.1, 0.15) is 83.1 Å². The van der Waals surface area contributed by atoms with Gasteiger partial charge in [-0.05, 0) is 94.7 Å². The highest BCUT2D eigenvalue weighted by molar-refractivity contribution is 7.89. The maximum Gasteiger partial charge on any atom is 0.407 e. The minimum atomic E-state index is -3.25. The Hall–Kier alpha value is -1.92. The molecule has 0 aromatic heterocycles. The second-order valence-electron chi connectivity index (χ2n) is 13.7. The van der Waals surface area contributed by atoms with Crippen LogP contribution in [-0.4, -0.2) is 87.1 Å². The molecule has 3 saturated heterocycles. The number of methoxy groups -OCH3 is 1. The predicted molar refractivity (Wildman–Crippen MR) is 170 cm³/mol. The number of nitrogens with zero attached hydrogens (tertiary/aromatic N) is 1. The first-order valence-corrected chi connectivity index (χ1v) is 18.2. The van der Waals surface area contributed by atoms with Crippen LogP contribution >= 0.6 is 11.6 Å². The number of sulfonamides is 1. The molecule has 246 valence electrons. The van der Waals surface area contributed by atoms with Gasteiger partial charge in [0.05, 0.1) is 18.5 Å². The Balaban J connectivity index is 1.32. The molecular weight excluding hydrogens is 604 g/mol. The maximum absolute atomic E-state index is 14.2. The van der Waals surface area contributed by atoms with Crippen molar-refractivity contribution >= 4 is 33.6 Å². The predicted octanol–water partition coefficient (Wildman–Crippen LogP) is 4.18. The van der Waals surface area contributed by atoms with Crippen LogP contribution in [0.4, 0.5) is 4.79 Å². The van der Waals surface area contributed by atoms with Crippen molar-refractivity contribution in [1.29, 1.82) is 0 Å². The number of alkyl carbamates (subject to hydrolysis) is 1. The maximum atomic E-state index is 14.2. The van der Waals surface area contributed by atoms with Crippen LogP contribution in [0.15, 0.2) is 24.3 Å². The van der Waals surface area contributed by atoms with E-state index in [0.717, 1.165) is 56.9 Å². The van der Waals surface area contributed by atoms with Gasteiger partial charge in [-0.1, -0.05) is 30.2 Å². The molecule has 4 aliphatic rings. The Morgan fingerprint density at radius 1 is 1.14 bits per heavy atom. The molecule has 2 unspecified atom stereocenters. The molecule has 0 spiro atoms. The zero-order chi connectivity index (χ0) is 31.5. The summed E-state index contributed by atoms with van der Waals surface area (Å²) in [4.78, 5) is 26.9. The summed E-state index contributed by atoms with van der Waals surface area (Å²) >= 11 is 6.23. The molecule has 8 atom stereocenters. The van der Waals surface area contributed by atoms with Crippen molar-refractivity contribution < 1.29 is 27.5 Å². The molecule has 3 aliphatic heterocycles. The molecular formula is C32H49ClN4O6S. The zero-order valence-corrected chi connectivity index (χ0v) is 27.8. The standard InChI is InChI=1S/C32H49ClN4O6S/c1-32(2)18-23(15-16-43-32)28(22-9-12-24(33)13-10-22)29(36-31(39)42-3)30(38)35-27-8-4-6-21(27)11-14-26-19-34-25-7-5-17-44(40,41)37(26)20-25/h9-10,12-13,21,23,25-29,34H,4-8,11,14-20H2,1-3H3,(H,35,38)(H,36,39)/t21-,23?,25-,26+,27+,28+,29+/m1/s1. The number of rotatable bonds is 9. The van der Waals surface area contributed by atoms with Gasteiger partial charge in [0, 0.05) is 48.8 Å². The Labute approximate surface area is 267 Å². The van der Waals surface area contributed by atoms with E-state index in [0.29, 0.717) is 31.1 Å². The van der Waals surface area contributed by atoms with Crippen LogP contribution in [0.2, 0.25) is 5.02 Å². The van der Waals surface area contributed by atoms with E-state index < -0.39 is 22.2 Å². The minimum absolute atomic E-state index is 0.0496. The van der Waals surface area contributed by atoms with Gasteiger partial charge in [-0.25, -0.2) is 13.2 Å². The Morgan fingerprint density at radius 2 is 1.91 bits per heavy atom. The van der Waals surface area contributed by atoms with Crippen LogP contribution in [0.5, 0.6) is 0 Å². The van der Waals surface area contributed by atoms with Crippen LogP contribution in [0.3, 0.4) is 0 Å². The molecule has 44 heavy (non-hydrogen) atoms. The molecule has 3 heterocycles.